The van der Waals surface area contributed by atoms with Crippen molar-refractivity contribution in [2.45, 2.75) is 64.5 Å². The van der Waals surface area contributed by atoms with Crippen LogP contribution in [0.4, 0.5) is 0 Å². The minimum atomic E-state index is 0. The Morgan fingerprint density at radius 3 is 2.58 bits per heavy atom. The van der Waals surface area contributed by atoms with E-state index in [-0.39, 0.29) is 29.9 Å². The average molecular weight is 542 g/mol. The van der Waals surface area contributed by atoms with E-state index < -0.39 is 0 Å². The fourth-order valence-corrected chi connectivity index (χ4v) is 4.38. The van der Waals surface area contributed by atoms with E-state index >= 15 is 0 Å². The van der Waals surface area contributed by atoms with E-state index in [9.17, 15) is 4.79 Å². The highest BCUT2D eigenvalue weighted by Crippen LogP contribution is 2.19. The van der Waals surface area contributed by atoms with Gasteiger partial charge in [-0.2, -0.15) is 0 Å². The number of guanidine groups is 1. The van der Waals surface area contributed by atoms with Gasteiger partial charge in [0.05, 0.1) is 0 Å². The molecule has 1 aromatic rings. The molecule has 1 fully saturated rings. The van der Waals surface area contributed by atoms with Crippen LogP contribution < -0.4 is 10.6 Å². The Balaban J connectivity index is 0.00000341. The number of aliphatic imine (C=N–C) groups is 1. The third-order valence-electron chi connectivity index (χ3n) is 6.32. The number of rotatable bonds is 8. The number of nitrogens with zero attached hydrogens (tertiary/aromatic N) is 3. The Morgan fingerprint density at radius 2 is 1.87 bits per heavy atom. The molecule has 3 rings (SSSR count). The monoisotopic (exact) mass is 541 g/mol. The van der Waals surface area contributed by atoms with E-state index in [0.717, 1.165) is 38.4 Å². The van der Waals surface area contributed by atoms with Crippen molar-refractivity contribution >= 4 is 35.8 Å². The first kappa shape index (κ1) is 25.9. The second kappa shape index (κ2) is 13.9. The number of hydrogen-bond donors (Lipinski definition) is 2. The summed E-state index contributed by atoms with van der Waals surface area (Å²) in [7, 11) is 1.82. The van der Waals surface area contributed by atoms with Crippen LogP contribution in [0.5, 0.6) is 0 Å². The van der Waals surface area contributed by atoms with Crippen molar-refractivity contribution in [1.82, 2.24) is 20.4 Å². The van der Waals surface area contributed by atoms with Gasteiger partial charge in [0.15, 0.2) is 5.96 Å². The standard InChI is InChI=1S/C24H39N5O.HI/c1-3-4-15-28-16-12-22(13-17-28)27-24(25-2)26-14-7-10-23(30)29-18-11-20-8-5-6-9-21(20)19-29;/h5-6,8-9,22H,3-4,7,10-19H2,1-2H3,(H2,25,26,27);1H. The van der Waals surface area contributed by atoms with E-state index in [2.05, 4.69) is 51.7 Å². The summed E-state index contributed by atoms with van der Waals surface area (Å²) in [5, 5.41) is 6.95. The van der Waals surface area contributed by atoms with Crippen molar-refractivity contribution in [3.8, 4) is 0 Å². The molecule has 2 aliphatic heterocycles. The Labute approximate surface area is 205 Å². The van der Waals surface area contributed by atoms with Crippen LogP contribution in [0.1, 0.15) is 56.6 Å². The fraction of sp³-hybridized carbons (Fsp3) is 0.667. The summed E-state index contributed by atoms with van der Waals surface area (Å²) in [6, 6.07) is 8.95. The molecule has 2 aliphatic rings. The second-order valence-electron chi connectivity index (χ2n) is 8.55. The van der Waals surface area contributed by atoms with Gasteiger partial charge in [-0.05, 0) is 49.8 Å². The molecule has 0 unspecified atom stereocenters. The van der Waals surface area contributed by atoms with Crippen LogP contribution in [-0.2, 0) is 17.8 Å². The van der Waals surface area contributed by atoms with E-state index in [1.165, 1.54) is 56.4 Å². The molecule has 1 amide bonds. The largest absolute Gasteiger partial charge is 0.356 e. The average Bonchev–Trinajstić information content (AvgIpc) is 2.80. The van der Waals surface area contributed by atoms with Gasteiger partial charge in [0, 0.05) is 52.2 Å². The van der Waals surface area contributed by atoms with Crippen LogP contribution in [-0.4, -0.2) is 67.5 Å². The van der Waals surface area contributed by atoms with Crippen LogP contribution in [0.25, 0.3) is 0 Å². The summed E-state index contributed by atoms with van der Waals surface area (Å²) >= 11 is 0. The first-order valence-corrected chi connectivity index (χ1v) is 11.7. The van der Waals surface area contributed by atoms with Crippen molar-refractivity contribution in [2.75, 3.05) is 39.8 Å². The zero-order valence-corrected chi connectivity index (χ0v) is 21.6. The molecule has 0 radical (unpaired) electrons. The van der Waals surface area contributed by atoms with Crippen LogP contribution in [0.3, 0.4) is 0 Å². The summed E-state index contributed by atoms with van der Waals surface area (Å²) in [6.45, 7) is 8.18. The molecule has 174 valence electrons. The number of unbranched alkanes of at least 4 members (excludes halogenated alkanes) is 1. The first-order chi connectivity index (χ1) is 14.7. The van der Waals surface area contributed by atoms with Gasteiger partial charge in [-0.25, -0.2) is 0 Å². The molecule has 1 aromatic carbocycles. The lowest BCUT2D eigenvalue weighted by Gasteiger charge is -2.33. The van der Waals surface area contributed by atoms with E-state index in [0.29, 0.717) is 12.5 Å². The highest BCUT2D eigenvalue weighted by Gasteiger charge is 2.21. The summed E-state index contributed by atoms with van der Waals surface area (Å²) < 4.78 is 0. The zero-order chi connectivity index (χ0) is 21.2. The van der Waals surface area contributed by atoms with E-state index in [1.54, 1.807) is 0 Å². The number of hydrogen-bond acceptors (Lipinski definition) is 3. The van der Waals surface area contributed by atoms with Gasteiger partial charge in [0.25, 0.3) is 0 Å². The van der Waals surface area contributed by atoms with Crippen LogP contribution in [0.15, 0.2) is 29.3 Å². The number of nitrogens with one attached hydrogen (secondary N) is 2. The lowest BCUT2D eigenvalue weighted by Crippen LogP contribution is -2.49. The third-order valence-corrected chi connectivity index (χ3v) is 6.32. The number of benzene rings is 1. The Kier molecular flexibility index (Phi) is 11.6. The molecule has 2 heterocycles. The smallest absolute Gasteiger partial charge is 0.222 e. The number of halogens is 1. The topological polar surface area (TPSA) is 60.0 Å². The van der Waals surface area contributed by atoms with Crippen molar-refractivity contribution in [3.63, 3.8) is 0 Å². The van der Waals surface area contributed by atoms with Gasteiger partial charge in [-0.3, -0.25) is 9.79 Å². The highest BCUT2D eigenvalue weighted by atomic mass is 127. The minimum Gasteiger partial charge on any atom is -0.356 e. The normalized spacial score (nSPS) is 17.6. The molecule has 0 spiro atoms. The number of amides is 1. The Bertz CT molecular complexity index is 703. The molecule has 6 nitrogen and oxygen atoms in total. The van der Waals surface area contributed by atoms with Gasteiger partial charge in [-0.1, -0.05) is 37.6 Å². The molecule has 1 saturated heterocycles. The molecule has 0 atom stereocenters. The molecule has 31 heavy (non-hydrogen) atoms. The minimum absolute atomic E-state index is 0. The quantitative estimate of drug-likeness (QED) is 0.229. The zero-order valence-electron chi connectivity index (χ0n) is 19.2. The molecule has 7 heteroatoms. The molecular formula is C24H40IN5O. The van der Waals surface area contributed by atoms with Gasteiger partial charge in [0.1, 0.15) is 0 Å². The van der Waals surface area contributed by atoms with E-state index in [4.69, 9.17) is 0 Å². The van der Waals surface area contributed by atoms with Gasteiger partial charge in [-0.15, -0.1) is 24.0 Å². The number of likely N-dealkylation sites (tertiary alicyclic amines) is 1. The predicted molar refractivity (Wildman–Crippen MR) is 139 cm³/mol. The van der Waals surface area contributed by atoms with Crippen LogP contribution >= 0.6 is 24.0 Å². The molecule has 0 aromatic heterocycles. The van der Waals surface area contributed by atoms with E-state index in [1.807, 2.05) is 11.9 Å². The number of fused-ring (bicyclic) bond motifs is 1. The third kappa shape index (κ3) is 8.25. The summed E-state index contributed by atoms with van der Waals surface area (Å²) in [5.74, 6) is 1.12. The summed E-state index contributed by atoms with van der Waals surface area (Å²) in [4.78, 5) is 21.5. The van der Waals surface area contributed by atoms with Gasteiger partial charge < -0.3 is 20.4 Å². The maximum atomic E-state index is 12.6. The van der Waals surface area contributed by atoms with Crippen molar-refractivity contribution < 1.29 is 4.79 Å². The lowest BCUT2D eigenvalue weighted by molar-refractivity contribution is -0.132. The molecular weight excluding hydrogens is 501 g/mol. The Morgan fingerprint density at radius 1 is 1.13 bits per heavy atom. The van der Waals surface area contributed by atoms with Gasteiger partial charge in [0.2, 0.25) is 5.91 Å². The summed E-state index contributed by atoms with van der Waals surface area (Å²) in [6.07, 6.45) is 7.27. The lowest BCUT2D eigenvalue weighted by atomic mass is 9.99. The van der Waals surface area contributed by atoms with Crippen molar-refractivity contribution in [3.05, 3.63) is 35.4 Å². The van der Waals surface area contributed by atoms with Crippen LogP contribution in [0, 0.1) is 0 Å². The molecule has 0 aliphatic carbocycles. The number of carbonyl (C=O) groups is 1. The maximum absolute atomic E-state index is 12.6. The SMILES string of the molecule is CCCCN1CCC(NC(=NC)NCCCC(=O)N2CCc3ccccc3C2)CC1.I. The van der Waals surface area contributed by atoms with Gasteiger partial charge >= 0.3 is 0 Å². The highest BCUT2D eigenvalue weighted by molar-refractivity contribution is 14.0. The molecule has 2 N–H and O–H groups in total. The molecule has 0 bridgehead atoms. The van der Waals surface area contributed by atoms with Crippen molar-refractivity contribution in [2.24, 2.45) is 4.99 Å². The Hall–Kier alpha value is -1.35. The summed E-state index contributed by atoms with van der Waals surface area (Å²) in [5.41, 5.74) is 2.68. The number of carbonyl (C=O) groups excluding carboxylic acids is 1. The maximum Gasteiger partial charge on any atom is 0.222 e. The van der Waals surface area contributed by atoms with Crippen molar-refractivity contribution in [1.29, 1.82) is 0 Å². The molecule has 0 saturated carbocycles. The number of piperidine rings is 1. The van der Waals surface area contributed by atoms with Crippen LogP contribution in [0.2, 0.25) is 0 Å². The first-order valence-electron chi connectivity index (χ1n) is 11.7. The second-order valence-corrected chi connectivity index (χ2v) is 8.55. The fourth-order valence-electron chi connectivity index (χ4n) is 4.38. The predicted octanol–water partition coefficient (Wildman–Crippen LogP) is 3.40.